The van der Waals surface area contributed by atoms with Crippen molar-refractivity contribution >= 4 is 17.5 Å². The van der Waals surface area contributed by atoms with Crippen LogP contribution in [0.3, 0.4) is 0 Å². The Morgan fingerprint density at radius 1 is 1.20 bits per heavy atom. The average Bonchev–Trinajstić information content (AvgIpc) is 3.03. The Morgan fingerprint density at radius 2 is 1.85 bits per heavy atom. The highest BCUT2D eigenvalue weighted by Gasteiger charge is 2.22. The van der Waals surface area contributed by atoms with Gasteiger partial charge in [-0.2, -0.15) is 0 Å². The Balaban J connectivity index is 1.58. The number of amides is 1. The summed E-state index contributed by atoms with van der Waals surface area (Å²) < 4.78 is 5.26. The molecule has 3 rings (SSSR count). The molecular formula is C14H20N4O2. The van der Waals surface area contributed by atoms with Gasteiger partial charge in [-0.1, -0.05) is 0 Å². The normalized spacial score (nSPS) is 20.1. The maximum Gasteiger partial charge on any atom is 0.227 e. The van der Waals surface area contributed by atoms with Crippen LogP contribution in [-0.2, 0) is 9.53 Å². The quantitative estimate of drug-likeness (QED) is 0.905. The van der Waals surface area contributed by atoms with Crippen molar-refractivity contribution in [1.29, 1.82) is 0 Å². The van der Waals surface area contributed by atoms with Crippen LogP contribution in [-0.4, -0.2) is 42.2 Å². The van der Waals surface area contributed by atoms with Crippen LogP contribution in [0.15, 0.2) is 12.4 Å². The number of aromatic nitrogens is 2. The van der Waals surface area contributed by atoms with Gasteiger partial charge in [0.15, 0.2) is 0 Å². The highest BCUT2D eigenvalue weighted by atomic mass is 16.5. The van der Waals surface area contributed by atoms with Gasteiger partial charge in [-0.3, -0.25) is 4.79 Å². The number of carbonyl (C=O) groups excluding carboxylic acids is 1. The van der Waals surface area contributed by atoms with E-state index < -0.39 is 0 Å². The molecule has 1 N–H and O–H groups in total. The summed E-state index contributed by atoms with van der Waals surface area (Å²) in [4.78, 5) is 22.9. The molecule has 1 aromatic rings. The molecule has 0 spiro atoms. The lowest BCUT2D eigenvalue weighted by Crippen LogP contribution is -2.28. The fourth-order valence-corrected chi connectivity index (χ4v) is 2.67. The molecule has 2 aliphatic heterocycles. The highest BCUT2D eigenvalue weighted by molar-refractivity contribution is 5.92. The smallest absolute Gasteiger partial charge is 0.227 e. The number of anilines is 2. The van der Waals surface area contributed by atoms with Gasteiger partial charge in [0.1, 0.15) is 0 Å². The van der Waals surface area contributed by atoms with Crippen molar-refractivity contribution in [3.63, 3.8) is 0 Å². The maximum absolute atomic E-state index is 12.1. The summed E-state index contributed by atoms with van der Waals surface area (Å²) in [5, 5.41) is 2.89. The summed E-state index contributed by atoms with van der Waals surface area (Å²) in [5.74, 6) is 0.847. The number of ether oxygens (including phenoxy) is 1. The molecular weight excluding hydrogens is 256 g/mol. The van der Waals surface area contributed by atoms with Crippen molar-refractivity contribution in [3.8, 4) is 0 Å². The number of nitrogens with zero attached hydrogens (tertiary/aromatic N) is 3. The third-order valence-electron chi connectivity index (χ3n) is 3.89. The Kier molecular flexibility index (Phi) is 4.11. The van der Waals surface area contributed by atoms with Gasteiger partial charge in [-0.25, -0.2) is 9.97 Å². The molecule has 0 radical (unpaired) electrons. The first-order valence-electron chi connectivity index (χ1n) is 7.28. The van der Waals surface area contributed by atoms with Crippen molar-refractivity contribution in [3.05, 3.63) is 12.4 Å². The van der Waals surface area contributed by atoms with Gasteiger partial charge in [-0.15, -0.1) is 0 Å². The minimum Gasteiger partial charge on any atom is -0.381 e. The van der Waals surface area contributed by atoms with E-state index in [0.717, 1.165) is 31.9 Å². The van der Waals surface area contributed by atoms with Gasteiger partial charge in [0.05, 0.1) is 18.1 Å². The van der Waals surface area contributed by atoms with E-state index in [1.54, 1.807) is 12.4 Å². The van der Waals surface area contributed by atoms with Gasteiger partial charge >= 0.3 is 0 Å². The van der Waals surface area contributed by atoms with Crippen molar-refractivity contribution in [2.75, 3.05) is 36.5 Å². The van der Waals surface area contributed by atoms with Crippen LogP contribution >= 0.6 is 0 Å². The predicted molar refractivity (Wildman–Crippen MR) is 75.7 cm³/mol. The van der Waals surface area contributed by atoms with Gasteiger partial charge in [0.2, 0.25) is 11.9 Å². The fourth-order valence-electron chi connectivity index (χ4n) is 2.67. The zero-order valence-electron chi connectivity index (χ0n) is 11.5. The van der Waals surface area contributed by atoms with Gasteiger partial charge in [0.25, 0.3) is 0 Å². The SMILES string of the molecule is O=C(Nc1cnc(N2CCCC2)nc1)C1CCOCC1. The molecule has 6 nitrogen and oxygen atoms in total. The number of nitrogens with one attached hydrogen (secondary N) is 1. The van der Waals surface area contributed by atoms with Gasteiger partial charge in [0, 0.05) is 32.2 Å². The molecule has 1 amide bonds. The van der Waals surface area contributed by atoms with Gasteiger partial charge < -0.3 is 15.0 Å². The van der Waals surface area contributed by atoms with E-state index in [2.05, 4.69) is 20.2 Å². The molecule has 6 heteroatoms. The summed E-state index contributed by atoms with van der Waals surface area (Å²) in [7, 11) is 0. The standard InChI is InChI=1S/C14H20N4O2/c19-13(11-3-7-20-8-4-11)17-12-9-15-14(16-10-12)18-5-1-2-6-18/h9-11H,1-8H2,(H,17,19). The first-order valence-corrected chi connectivity index (χ1v) is 7.28. The number of hydrogen-bond donors (Lipinski definition) is 1. The summed E-state index contributed by atoms with van der Waals surface area (Å²) in [5.41, 5.74) is 0.671. The molecule has 1 aromatic heterocycles. The molecule has 3 heterocycles. The number of rotatable bonds is 3. The van der Waals surface area contributed by atoms with E-state index in [1.165, 1.54) is 12.8 Å². The zero-order valence-corrected chi connectivity index (χ0v) is 11.5. The van der Waals surface area contributed by atoms with Crippen molar-refractivity contribution < 1.29 is 9.53 Å². The molecule has 0 aliphatic carbocycles. The lowest BCUT2D eigenvalue weighted by Gasteiger charge is -2.21. The van der Waals surface area contributed by atoms with Crippen molar-refractivity contribution in [2.24, 2.45) is 5.92 Å². The predicted octanol–water partition coefficient (Wildman–Crippen LogP) is 1.44. The fraction of sp³-hybridized carbons (Fsp3) is 0.643. The lowest BCUT2D eigenvalue weighted by atomic mass is 9.99. The van der Waals surface area contributed by atoms with Crippen molar-refractivity contribution in [1.82, 2.24) is 9.97 Å². The third kappa shape index (κ3) is 3.07. The van der Waals surface area contributed by atoms with E-state index in [-0.39, 0.29) is 11.8 Å². The molecule has 0 atom stereocenters. The van der Waals surface area contributed by atoms with Crippen LogP contribution < -0.4 is 10.2 Å². The van der Waals surface area contributed by atoms with Crippen LogP contribution in [0, 0.1) is 5.92 Å². The molecule has 0 unspecified atom stereocenters. The molecule has 2 saturated heterocycles. The zero-order chi connectivity index (χ0) is 13.8. The first-order chi connectivity index (χ1) is 9.83. The number of carbonyl (C=O) groups is 1. The lowest BCUT2D eigenvalue weighted by molar-refractivity contribution is -0.122. The second-order valence-corrected chi connectivity index (χ2v) is 5.34. The minimum atomic E-state index is 0.0435. The van der Waals surface area contributed by atoms with E-state index in [4.69, 9.17) is 4.74 Å². The molecule has 108 valence electrons. The average molecular weight is 276 g/mol. The molecule has 0 bridgehead atoms. The van der Waals surface area contributed by atoms with E-state index in [9.17, 15) is 4.79 Å². The highest BCUT2D eigenvalue weighted by Crippen LogP contribution is 2.19. The second-order valence-electron chi connectivity index (χ2n) is 5.34. The van der Waals surface area contributed by atoms with Crippen LogP contribution in [0.5, 0.6) is 0 Å². The Bertz CT molecular complexity index is 451. The van der Waals surface area contributed by atoms with E-state index in [1.807, 2.05) is 0 Å². The van der Waals surface area contributed by atoms with E-state index in [0.29, 0.717) is 18.9 Å². The Hall–Kier alpha value is -1.69. The van der Waals surface area contributed by atoms with Crippen LogP contribution in [0.4, 0.5) is 11.6 Å². The summed E-state index contributed by atoms with van der Waals surface area (Å²) >= 11 is 0. The van der Waals surface area contributed by atoms with Crippen molar-refractivity contribution in [2.45, 2.75) is 25.7 Å². The maximum atomic E-state index is 12.1. The monoisotopic (exact) mass is 276 g/mol. The summed E-state index contributed by atoms with van der Waals surface area (Å²) in [6.07, 6.45) is 7.37. The van der Waals surface area contributed by atoms with Crippen LogP contribution in [0.1, 0.15) is 25.7 Å². The molecule has 0 saturated carbocycles. The molecule has 2 aliphatic rings. The summed E-state index contributed by atoms with van der Waals surface area (Å²) in [6, 6.07) is 0. The topological polar surface area (TPSA) is 67.4 Å². The summed E-state index contributed by atoms with van der Waals surface area (Å²) in [6.45, 7) is 3.38. The largest absolute Gasteiger partial charge is 0.381 e. The van der Waals surface area contributed by atoms with E-state index >= 15 is 0 Å². The van der Waals surface area contributed by atoms with Crippen LogP contribution in [0.2, 0.25) is 0 Å². The third-order valence-corrected chi connectivity index (χ3v) is 3.89. The minimum absolute atomic E-state index is 0.0435. The first kappa shape index (κ1) is 13.3. The Labute approximate surface area is 118 Å². The molecule has 20 heavy (non-hydrogen) atoms. The molecule has 2 fully saturated rings. The number of hydrogen-bond acceptors (Lipinski definition) is 5. The van der Waals surface area contributed by atoms with Gasteiger partial charge in [-0.05, 0) is 25.7 Å². The van der Waals surface area contributed by atoms with Crippen LogP contribution in [0.25, 0.3) is 0 Å². The molecule has 0 aromatic carbocycles. The Morgan fingerprint density at radius 3 is 2.50 bits per heavy atom. The second kappa shape index (κ2) is 6.17.